The Morgan fingerprint density at radius 2 is 1.63 bits per heavy atom. The average Bonchev–Trinajstić information content (AvgIpc) is 3.13. The molecule has 1 unspecified atom stereocenters. The molecule has 5 rings (SSSR count). The number of hydrogen-bond donors (Lipinski definition) is 2. The molecule has 1 aliphatic carbocycles. The van der Waals surface area contributed by atoms with Crippen LogP contribution in [0.5, 0.6) is 23.0 Å². The Morgan fingerprint density at radius 3 is 2.30 bits per heavy atom. The van der Waals surface area contributed by atoms with Crippen LogP contribution in [-0.2, 0) is 16.1 Å². The third-order valence-corrected chi connectivity index (χ3v) is 8.00. The third kappa shape index (κ3) is 5.98. The van der Waals surface area contributed by atoms with Gasteiger partial charge in [0, 0.05) is 29.8 Å². The predicted octanol–water partition coefficient (Wildman–Crippen LogP) is 5.65. The molecule has 0 spiro atoms. The van der Waals surface area contributed by atoms with Crippen LogP contribution in [0.25, 0.3) is 0 Å². The smallest absolute Gasteiger partial charge is 0.239 e. The van der Waals surface area contributed by atoms with E-state index in [1.54, 1.807) is 34.5 Å². The van der Waals surface area contributed by atoms with E-state index >= 15 is 0 Å². The molecule has 2 N–H and O–H groups in total. The highest BCUT2D eigenvalue weighted by Crippen LogP contribution is 2.52. The maximum Gasteiger partial charge on any atom is 0.239 e. The van der Waals surface area contributed by atoms with Gasteiger partial charge in [-0.05, 0) is 53.8 Å². The van der Waals surface area contributed by atoms with Gasteiger partial charge in [0.25, 0.3) is 0 Å². The summed E-state index contributed by atoms with van der Waals surface area (Å²) in [4.78, 5) is 29.7. The number of carbonyl (C=O) groups excluding carboxylic acids is 2. The van der Waals surface area contributed by atoms with Crippen LogP contribution in [0.3, 0.4) is 0 Å². The molecule has 1 atom stereocenters. The quantitative estimate of drug-likeness (QED) is 0.332. The molecule has 226 valence electrons. The van der Waals surface area contributed by atoms with Gasteiger partial charge >= 0.3 is 0 Å². The summed E-state index contributed by atoms with van der Waals surface area (Å²) >= 11 is 0. The van der Waals surface area contributed by atoms with Crippen molar-refractivity contribution in [2.45, 2.75) is 39.3 Å². The van der Waals surface area contributed by atoms with Crippen molar-refractivity contribution in [1.82, 2.24) is 5.32 Å². The Morgan fingerprint density at radius 1 is 0.907 bits per heavy atom. The van der Waals surface area contributed by atoms with E-state index in [4.69, 9.17) is 18.9 Å². The summed E-state index contributed by atoms with van der Waals surface area (Å²) < 4.78 is 22.5. The normalized spacial score (nSPS) is 17.2. The van der Waals surface area contributed by atoms with Crippen molar-refractivity contribution in [3.8, 4) is 23.0 Å². The molecule has 0 saturated heterocycles. The molecule has 2 aliphatic rings. The topological polar surface area (TPSA) is 98.4 Å². The summed E-state index contributed by atoms with van der Waals surface area (Å²) in [6.45, 7) is 4.54. The van der Waals surface area contributed by atoms with Gasteiger partial charge in [0.2, 0.25) is 11.7 Å². The van der Waals surface area contributed by atoms with Crippen molar-refractivity contribution in [3.63, 3.8) is 0 Å². The second kappa shape index (κ2) is 12.3. The fourth-order valence-electron chi connectivity index (χ4n) is 6.05. The zero-order valence-corrected chi connectivity index (χ0v) is 25.6. The molecule has 9 nitrogen and oxygen atoms in total. The van der Waals surface area contributed by atoms with E-state index < -0.39 is 6.04 Å². The van der Waals surface area contributed by atoms with Gasteiger partial charge in [-0.15, -0.1) is 0 Å². The van der Waals surface area contributed by atoms with Gasteiger partial charge in [-0.3, -0.25) is 9.59 Å². The van der Waals surface area contributed by atoms with E-state index in [9.17, 15) is 9.59 Å². The number of para-hydroxylation sites is 2. The Balaban J connectivity index is 1.63. The average molecular weight is 586 g/mol. The molecular formula is C34H39N3O6. The second-order valence-corrected chi connectivity index (χ2v) is 11.6. The van der Waals surface area contributed by atoms with Crippen molar-refractivity contribution in [3.05, 3.63) is 83.1 Å². The van der Waals surface area contributed by atoms with Crippen LogP contribution in [0, 0.1) is 5.41 Å². The standard InChI is InChI=1S/C34H39N3O6/c1-34(2)17-25-30(27(38)18-34)31(23-15-16-28(41-4)33(43-6)32(23)42-5)37(26-10-8-7-9-24(26)36-25)20-29(39)35-19-21-11-13-22(40-3)14-12-21/h7-16,31,36H,17-20H2,1-6H3,(H,35,39). The summed E-state index contributed by atoms with van der Waals surface area (Å²) in [6.07, 6.45) is 1.06. The lowest BCUT2D eigenvalue weighted by atomic mass is 9.73. The van der Waals surface area contributed by atoms with Gasteiger partial charge in [-0.1, -0.05) is 38.1 Å². The van der Waals surface area contributed by atoms with Gasteiger partial charge in [0.1, 0.15) is 5.75 Å². The van der Waals surface area contributed by atoms with E-state index in [1.807, 2.05) is 59.5 Å². The van der Waals surface area contributed by atoms with Gasteiger partial charge in [0.15, 0.2) is 17.3 Å². The number of allylic oxidation sites excluding steroid dienone is 1. The molecule has 1 amide bonds. The molecular weight excluding hydrogens is 546 g/mol. The number of Topliss-reactive ketones (excluding diaryl/α,β-unsaturated/α-hetero) is 1. The first-order valence-electron chi connectivity index (χ1n) is 14.3. The SMILES string of the molecule is COc1ccc(CNC(=O)CN2c3ccccc3NC3=C(C(=O)CC(C)(C)C3)C2c2ccc(OC)c(OC)c2OC)cc1. The van der Waals surface area contributed by atoms with E-state index in [2.05, 4.69) is 24.5 Å². The number of ether oxygens (including phenoxy) is 4. The third-order valence-electron chi connectivity index (χ3n) is 8.00. The number of nitrogens with zero attached hydrogens (tertiary/aromatic N) is 1. The van der Waals surface area contributed by atoms with Crippen molar-refractivity contribution in [2.75, 3.05) is 45.2 Å². The lowest BCUT2D eigenvalue weighted by Crippen LogP contribution is -2.42. The maximum atomic E-state index is 14.1. The number of methoxy groups -OCH3 is 4. The van der Waals surface area contributed by atoms with Gasteiger partial charge in [-0.2, -0.15) is 0 Å². The van der Waals surface area contributed by atoms with E-state index in [0.29, 0.717) is 47.8 Å². The first kappa shape index (κ1) is 29.8. The summed E-state index contributed by atoms with van der Waals surface area (Å²) in [5, 5.41) is 6.64. The predicted molar refractivity (Wildman–Crippen MR) is 166 cm³/mol. The molecule has 0 fully saturated rings. The van der Waals surface area contributed by atoms with Gasteiger partial charge in [0.05, 0.1) is 52.4 Å². The van der Waals surface area contributed by atoms with E-state index in [-0.39, 0.29) is 23.7 Å². The Labute approximate surface area is 252 Å². The van der Waals surface area contributed by atoms with E-state index in [0.717, 1.165) is 28.4 Å². The number of benzene rings is 3. The maximum absolute atomic E-state index is 14.1. The zero-order chi connectivity index (χ0) is 30.7. The summed E-state index contributed by atoms with van der Waals surface area (Å²) in [7, 11) is 6.30. The minimum absolute atomic E-state index is 0.00946. The van der Waals surface area contributed by atoms with Crippen LogP contribution in [0.2, 0.25) is 0 Å². The van der Waals surface area contributed by atoms with Crippen LogP contribution in [0.15, 0.2) is 71.9 Å². The molecule has 0 bridgehead atoms. The molecule has 43 heavy (non-hydrogen) atoms. The summed E-state index contributed by atoms with van der Waals surface area (Å²) in [5.41, 5.74) is 4.49. The highest BCUT2D eigenvalue weighted by molar-refractivity contribution is 6.02. The number of rotatable bonds is 9. The van der Waals surface area contributed by atoms with Crippen LogP contribution in [-0.4, -0.2) is 46.7 Å². The minimum Gasteiger partial charge on any atom is -0.497 e. The van der Waals surface area contributed by atoms with Crippen molar-refractivity contribution >= 4 is 23.1 Å². The molecule has 0 aromatic heterocycles. The first-order chi connectivity index (χ1) is 20.7. The molecule has 0 saturated carbocycles. The van der Waals surface area contributed by atoms with Crippen molar-refractivity contribution in [1.29, 1.82) is 0 Å². The molecule has 9 heteroatoms. The molecule has 0 radical (unpaired) electrons. The number of nitrogens with one attached hydrogen (secondary N) is 2. The highest BCUT2D eigenvalue weighted by Gasteiger charge is 2.43. The van der Waals surface area contributed by atoms with Crippen LogP contribution in [0.4, 0.5) is 11.4 Å². The molecule has 1 aliphatic heterocycles. The van der Waals surface area contributed by atoms with E-state index in [1.165, 1.54) is 0 Å². The van der Waals surface area contributed by atoms with Crippen molar-refractivity contribution < 1.29 is 28.5 Å². The number of anilines is 2. The second-order valence-electron chi connectivity index (χ2n) is 11.6. The first-order valence-corrected chi connectivity index (χ1v) is 14.3. The fourth-order valence-corrected chi connectivity index (χ4v) is 6.05. The Hall–Kier alpha value is -4.66. The Kier molecular flexibility index (Phi) is 8.52. The number of ketones is 1. The van der Waals surface area contributed by atoms with Crippen LogP contribution < -0.4 is 34.5 Å². The largest absolute Gasteiger partial charge is 0.497 e. The zero-order valence-electron chi connectivity index (χ0n) is 25.6. The molecule has 3 aromatic carbocycles. The fraction of sp³-hybridized carbons (Fsp3) is 0.353. The van der Waals surface area contributed by atoms with Crippen LogP contribution >= 0.6 is 0 Å². The van der Waals surface area contributed by atoms with Gasteiger partial charge < -0.3 is 34.5 Å². The number of fused-ring (bicyclic) bond motifs is 1. The number of amides is 1. The van der Waals surface area contributed by atoms with Gasteiger partial charge in [-0.25, -0.2) is 0 Å². The summed E-state index contributed by atoms with van der Waals surface area (Å²) in [6, 6.07) is 18.4. The molecule has 3 aromatic rings. The summed E-state index contributed by atoms with van der Waals surface area (Å²) in [5.74, 6) is 1.95. The monoisotopic (exact) mass is 585 g/mol. The number of hydrogen-bond acceptors (Lipinski definition) is 8. The highest BCUT2D eigenvalue weighted by atomic mass is 16.5. The van der Waals surface area contributed by atoms with Crippen LogP contribution in [0.1, 0.15) is 43.9 Å². The lowest BCUT2D eigenvalue weighted by Gasteiger charge is -2.38. The lowest BCUT2D eigenvalue weighted by molar-refractivity contribution is -0.121. The number of carbonyl (C=O) groups is 2. The minimum atomic E-state index is -0.642. The van der Waals surface area contributed by atoms with Crippen molar-refractivity contribution in [2.24, 2.45) is 5.41 Å². The Bertz CT molecular complexity index is 1550. The molecule has 1 heterocycles.